The lowest BCUT2D eigenvalue weighted by molar-refractivity contribution is -0.141. The molecule has 0 aliphatic rings. The Labute approximate surface area is 102 Å². The van der Waals surface area contributed by atoms with E-state index in [9.17, 15) is 4.79 Å². The third kappa shape index (κ3) is 4.07. The van der Waals surface area contributed by atoms with Crippen LogP contribution in [0.4, 0.5) is 0 Å². The van der Waals surface area contributed by atoms with Crippen LogP contribution in [0.3, 0.4) is 0 Å². The predicted octanol–water partition coefficient (Wildman–Crippen LogP) is 1.61. The molecule has 0 saturated carbocycles. The number of ether oxygens (including phenoxy) is 2. The molecule has 1 aromatic rings. The van der Waals surface area contributed by atoms with Gasteiger partial charge in [0.2, 0.25) is 0 Å². The van der Waals surface area contributed by atoms with Crippen molar-refractivity contribution in [1.29, 1.82) is 0 Å². The fourth-order valence-corrected chi connectivity index (χ4v) is 1.66. The van der Waals surface area contributed by atoms with Gasteiger partial charge < -0.3 is 9.47 Å². The van der Waals surface area contributed by atoms with E-state index in [1.807, 2.05) is 31.0 Å². The Balaban J connectivity index is 2.72. The number of likely N-dealkylation sites (N-methyl/N-ethyl adjacent to an activating group) is 1. The largest absolute Gasteiger partial charge is 0.496 e. The van der Waals surface area contributed by atoms with E-state index in [4.69, 9.17) is 4.74 Å². The van der Waals surface area contributed by atoms with Crippen molar-refractivity contribution in [3.05, 3.63) is 29.3 Å². The third-order valence-electron chi connectivity index (χ3n) is 2.50. The first-order chi connectivity index (χ1) is 8.06. The highest BCUT2D eigenvalue weighted by atomic mass is 16.5. The standard InChI is InChI=1S/C13H19NO3/c1-10-5-6-12(16-3)11(7-10)8-14(2)9-13(15)17-4/h5-7H,8-9H2,1-4H3. The number of hydrogen-bond acceptors (Lipinski definition) is 4. The van der Waals surface area contributed by atoms with Crippen LogP contribution in [0, 0.1) is 6.92 Å². The lowest BCUT2D eigenvalue weighted by Crippen LogP contribution is -2.26. The summed E-state index contributed by atoms with van der Waals surface area (Å²) in [5.41, 5.74) is 2.24. The summed E-state index contributed by atoms with van der Waals surface area (Å²) in [6, 6.07) is 6.01. The first-order valence-corrected chi connectivity index (χ1v) is 5.45. The minimum Gasteiger partial charge on any atom is -0.496 e. The average molecular weight is 237 g/mol. The van der Waals surface area contributed by atoms with Gasteiger partial charge in [0.15, 0.2) is 0 Å². The van der Waals surface area contributed by atoms with Gasteiger partial charge in [0.05, 0.1) is 20.8 Å². The molecule has 4 heteroatoms. The lowest BCUT2D eigenvalue weighted by atomic mass is 10.1. The highest BCUT2D eigenvalue weighted by Crippen LogP contribution is 2.20. The van der Waals surface area contributed by atoms with E-state index < -0.39 is 0 Å². The van der Waals surface area contributed by atoms with Crippen molar-refractivity contribution in [2.24, 2.45) is 0 Å². The maximum absolute atomic E-state index is 11.1. The van der Waals surface area contributed by atoms with E-state index in [2.05, 4.69) is 10.8 Å². The maximum atomic E-state index is 11.1. The predicted molar refractivity (Wildman–Crippen MR) is 66.1 cm³/mol. The van der Waals surface area contributed by atoms with Crippen molar-refractivity contribution in [1.82, 2.24) is 4.90 Å². The number of benzene rings is 1. The number of hydrogen-bond donors (Lipinski definition) is 0. The van der Waals surface area contributed by atoms with Gasteiger partial charge in [0, 0.05) is 12.1 Å². The van der Waals surface area contributed by atoms with Crippen LogP contribution in [-0.2, 0) is 16.1 Å². The molecule has 0 fully saturated rings. The van der Waals surface area contributed by atoms with E-state index in [-0.39, 0.29) is 12.5 Å². The second-order valence-electron chi connectivity index (χ2n) is 4.06. The zero-order valence-electron chi connectivity index (χ0n) is 10.8. The second kappa shape index (κ2) is 6.25. The lowest BCUT2D eigenvalue weighted by Gasteiger charge is -2.17. The minimum atomic E-state index is -0.237. The molecule has 0 aromatic heterocycles. The Hall–Kier alpha value is -1.55. The molecule has 0 bridgehead atoms. The van der Waals surface area contributed by atoms with Gasteiger partial charge in [-0.05, 0) is 20.0 Å². The molecule has 0 amide bonds. The quantitative estimate of drug-likeness (QED) is 0.729. The summed E-state index contributed by atoms with van der Waals surface area (Å²) < 4.78 is 9.92. The van der Waals surface area contributed by atoms with Gasteiger partial charge in [-0.3, -0.25) is 9.69 Å². The molecule has 0 spiro atoms. The maximum Gasteiger partial charge on any atom is 0.319 e. The van der Waals surface area contributed by atoms with Gasteiger partial charge in [0.25, 0.3) is 0 Å². The Morgan fingerprint density at radius 1 is 1.35 bits per heavy atom. The molecule has 1 rings (SSSR count). The molecule has 0 radical (unpaired) electrons. The normalized spacial score (nSPS) is 10.4. The zero-order valence-corrected chi connectivity index (χ0v) is 10.8. The minimum absolute atomic E-state index is 0.237. The molecule has 4 nitrogen and oxygen atoms in total. The first kappa shape index (κ1) is 13.5. The fourth-order valence-electron chi connectivity index (χ4n) is 1.66. The SMILES string of the molecule is COC(=O)CN(C)Cc1cc(C)ccc1OC. The number of nitrogens with zero attached hydrogens (tertiary/aromatic N) is 1. The summed E-state index contributed by atoms with van der Waals surface area (Å²) in [5.74, 6) is 0.603. The number of methoxy groups -OCH3 is 2. The van der Waals surface area contributed by atoms with Crippen LogP contribution < -0.4 is 4.74 Å². The van der Waals surface area contributed by atoms with Crippen LogP contribution in [0.25, 0.3) is 0 Å². The van der Waals surface area contributed by atoms with Crippen LogP contribution in [0.1, 0.15) is 11.1 Å². The smallest absolute Gasteiger partial charge is 0.319 e. The third-order valence-corrected chi connectivity index (χ3v) is 2.50. The van der Waals surface area contributed by atoms with Crippen LogP contribution in [0.5, 0.6) is 5.75 Å². The summed E-state index contributed by atoms with van der Waals surface area (Å²) in [7, 11) is 4.91. The molecule has 1 aromatic carbocycles. The Kier molecular flexibility index (Phi) is 4.97. The van der Waals surface area contributed by atoms with Crippen LogP contribution >= 0.6 is 0 Å². The molecule has 17 heavy (non-hydrogen) atoms. The van der Waals surface area contributed by atoms with Crippen molar-refractivity contribution in [3.63, 3.8) is 0 Å². The van der Waals surface area contributed by atoms with Gasteiger partial charge >= 0.3 is 5.97 Å². The van der Waals surface area contributed by atoms with Crippen LogP contribution in [0.15, 0.2) is 18.2 Å². The van der Waals surface area contributed by atoms with E-state index in [0.29, 0.717) is 6.54 Å². The number of carbonyl (C=O) groups is 1. The summed E-state index contributed by atoms with van der Waals surface area (Å²) >= 11 is 0. The van der Waals surface area contributed by atoms with E-state index in [1.54, 1.807) is 7.11 Å². The van der Waals surface area contributed by atoms with Crippen molar-refractivity contribution in [3.8, 4) is 5.75 Å². The molecule has 0 aliphatic carbocycles. The van der Waals surface area contributed by atoms with Crippen LogP contribution in [-0.4, -0.2) is 38.7 Å². The number of esters is 1. The fraction of sp³-hybridized carbons (Fsp3) is 0.462. The highest BCUT2D eigenvalue weighted by Gasteiger charge is 2.10. The van der Waals surface area contributed by atoms with Gasteiger partial charge in [-0.2, -0.15) is 0 Å². The number of aryl methyl sites for hydroxylation is 1. The summed E-state index contributed by atoms with van der Waals surface area (Å²) in [6.45, 7) is 2.96. The van der Waals surface area contributed by atoms with Crippen LogP contribution in [0.2, 0.25) is 0 Å². The molecule has 0 aliphatic heterocycles. The summed E-state index contributed by atoms with van der Waals surface area (Å²) in [6.07, 6.45) is 0. The van der Waals surface area contributed by atoms with E-state index in [0.717, 1.165) is 11.3 Å². The monoisotopic (exact) mass is 237 g/mol. The number of carbonyl (C=O) groups excluding carboxylic acids is 1. The van der Waals surface area contributed by atoms with Crippen molar-refractivity contribution in [2.45, 2.75) is 13.5 Å². The molecule has 0 N–H and O–H groups in total. The molecule has 0 saturated heterocycles. The molecule has 0 unspecified atom stereocenters. The van der Waals surface area contributed by atoms with Gasteiger partial charge in [-0.25, -0.2) is 0 Å². The Morgan fingerprint density at radius 2 is 2.06 bits per heavy atom. The molecule has 0 heterocycles. The zero-order chi connectivity index (χ0) is 12.8. The van der Waals surface area contributed by atoms with Gasteiger partial charge in [-0.15, -0.1) is 0 Å². The van der Waals surface area contributed by atoms with Gasteiger partial charge in [0.1, 0.15) is 5.75 Å². The Morgan fingerprint density at radius 3 is 2.65 bits per heavy atom. The van der Waals surface area contributed by atoms with E-state index in [1.165, 1.54) is 12.7 Å². The summed E-state index contributed by atoms with van der Waals surface area (Å²) in [4.78, 5) is 13.0. The van der Waals surface area contributed by atoms with Crippen molar-refractivity contribution >= 4 is 5.97 Å². The summed E-state index contributed by atoms with van der Waals surface area (Å²) in [5, 5.41) is 0. The van der Waals surface area contributed by atoms with Crippen molar-refractivity contribution < 1.29 is 14.3 Å². The van der Waals surface area contributed by atoms with Crippen molar-refractivity contribution in [2.75, 3.05) is 27.8 Å². The van der Waals surface area contributed by atoms with Gasteiger partial charge in [-0.1, -0.05) is 17.7 Å². The molecule has 0 atom stereocenters. The first-order valence-electron chi connectivity index (χ1n) is 5.45. The van der Waals surface area contributed by atoms with E-state index >= 15 is 0 Å². The Bertz CT molecular complexity index is 390. The topological polar surface area (TPSA) is 38.8 Å². The average Bonchev–Trinajstić information content (AvgIpc) is 2.29. The highest BCUT2D eigenvalue weighted by molar-refractivity contribution is 5.71. The molecular weight excluding hydrogens is 218 g/mol. The molecule has 94 valence electrons. The molecular formula is C13H19NO3. The second-order valence-corrected chi connectivity index (χ2v) is 4.06. The number of rotatable bonds is 5.